The van der Waals surface area contributed by atoms with Gasteiger partial charge >= 0.3 is 0 Å². The van der Waals surface area contributed by atoms with Gasteiger partial charge in [-0.3, -0.25) is 9.20 Å². The fourth-order valence-electron chi connectivity index (χ4n) is 3.58. The zero-order valence-corrected chi connectivity index (χ0v) is 16.9. The third-order valence-electron chi connectivity index (χ3n) is 5.46. The Labute approximate surface area is 163 Å². The van der Waals surface area contributed by atoms with E-state index in [0.717, 1.165) is 32.5 Å². The van der Waals surface area contributed by atoms with Gasteiger partial charge < -0.3 is 14.2 Å². The molecular formula is C22H25N4O2+. The summed E-state index contributed by atoms with van der Waals surface area (Å²) in [7, 11) is 8.15. The second-order valence-electron chi connectivity index (χ2n) is 7.99. The molecule has 1 aromatic carbocycles. The number of methoxy groups -OCH3 is 1. The molecule has 0 aliphatic carbocycles. The molecule has 6 nitrogen and oxygen atoms in total. The number of aromatic nitrogens is 3. The Morgan fingerprint density at radius 1 is 1.11 bits per heavy atom. The summed E-state index contributed by atoms with van der Waals surface area (Å²) in [4.78, 5) is 19.8. The van der Waals surface area contributed by atoms with Crippen molar-refractivity contribution in [2.75, 3.05) is 28.3 Å². The lowest BCUT2D eigenvalue weighted by molar-refractivity contribution is -0.900. The first-order chi connectivity index (χ1) is 13.3. The van der Waals surface area contributed by atoms with Gasteiger partial charge in [-0.15, -0.1) is 0 Å². The molecule has 4 rings (SSSR count). The second kappa shape index (κ2) is 6.49. The number of pyridine rings is 2. The Bertz CT molecular complexity index is 1230. The maximum atomic E-state index is 11.9. The van der Waals surface area contributed by atoms with Crippen molar-refractivity contribution in [3.63, 3.8) is 0 Å². The van der Waals surface area contributed by atoms with Crippen molar-refractivity contribution < 1.29 is 9.22 Å². The molecule has 3 heterocycles. The van der Waals surface area contributed by atoms with Crippen molar-refractivity contribution in [2.45, 2.75) is 13.0 Å². The van der Waals surface area contributed by atoms with Gasteiger partial charge in [-0.05, 0) is 37.3 Å². The fourth-order valence-corrected chi connectivity index (χ4v) is 3.58. The molecule has 0 saturated carbocycles. The van der Waals surface area contributed by atoms with Gasteiger partial charge in [0.05, 0.1) is 39.5 Å². The molecular weight excluding hydrogens is 352 g/mol. The van der Waals surface area contributed by atoms with Crippen molar-refractivity contribution in [2.24, 2.45) is 0 Å². The summed E-state index contributed by atoms with van der Waals surface area (Å²) in [6, 6.07) is 13.5. The average molecular weight is 377 g/mol. The van der Waals surface area contributed by atoms with Crippen molar-refractivity contribution in [1.29, 1.82) is 0 Å². The summed E-state index contributed by atoms with van der Waals surface area (Å²) in [6.07, 6.45) is 2.06. The number of hydrogen-bond donors (Lipinski definition) is 1. The summed E-state index contributed by atoms with van der Waals surface area (Å²) in [6.45, 7) is 2.22. The van der Waals surface area contributed by atoms with E-state index in [1.165, 1.54) is 0 Å². The van der Waals surface area contributed by atoms with Gasteiger partial charge in [-0.2, -0.15) is 0 Å². The first-order valence-electron chi connectivity index (χ1n) is 9.30. The summed E-state index contributed by atoms with van der Waals surface area (Å²) in [5.74, 6) is 0.640. The number of nitrogens with zero attached hydrogens (tertiary/aromatic N) is 3. The van der Waals surface area contributed by atoms with Crippen molar-refractivity contribution in [3.8, 4) is 17.0 Å². The smallest absolute Gasteiger partial charge is 0.248 e. The molecule has 6 heteroatoms. The van der Waals surface area contributed by atoms with Gasteiger partial charge in [0, 0.05) is 23.2 Å². The van der Waals surface area contributed by atoms with E-state index in [1.807, 2.05) is 36.4 Å². The van der Waals surface area contributed by atoms with Crippen molar-refractivity contribution in [3.05, 3.63) is 64.7 Å². The molecule has 144 valence electrons. The van der Waals surface area contributed by atoms with Crippen LogP contribution in [0.25, 0.3) is 27.8 Å². The zero-order chi connectivity index (χ0) is 20.1. The normalized spacial score (nSPS) is 13.2. The molecule has 28 heavy (non-hydrogen) atoms. The van der Waals surface area contributed by atoms with Gasteiger partial charge in [0.15, 0.2) is 0 Å². The van der Waals surface area contributed by atoms with E-state index in [4.69, 9.17) is 9.72 Å². The monoisotopic (exact) mass is 377 g/mol. The molecule has 3 aromatic heterocycles. The molecule has 0 aliphatic heterocycles. The summed E-state index contributed by atoms with van der Waals surface area (Å²) in [5, 5.41) is 0.914. The van der Waals surface area contributed by atoms with Crippen LogP contribution in [0.2, 0.25) is 0 Å². The minimum Gasteiger partial charge on any atom is -0.495 e. The predicted octanol–water partition coefficient (Wildman–Crippen LogP) is 3.62. The van der Waals surface area contributed by atoms with Crippen LogP contribution in [0.15, 0.2) is 53.5 Å². The number of nitrogens with one attached hydrogen (secondary N) is 1. The van der Waals surface area contributed by atoms with Crippen LogP contribution in [0, 0.1) is 0 Å². The van der Waals surface area contributed by atoms with Crippen LogP contribution in [0.5, 0.6) is 5.75 Å². The van der Waals surface area contributed by atoms with E-state index in [-0.39, 0.29) is 11.6 Å². The van der Waals surface area contributed by atoms with Crippen LogP contribution < -0.4 is 10.3 Å². The molecule has 0 bridgehead atoms. The SMILES string of the molecule is COc1ccc(-c2nc3ccccn3c2C(C)[N+](C)(C)C)c2ccc(=O)[nH]c12. The quantitative estimate of drug-likeness (QED) is 0.553. The van der Waals surface area contributed by atoms with Gasteiger partial charge in [0.2, 0.25) is 5.56 Å². The Kier molecular flexibility index (Phi) is 4.23. The molecule has 1 unspecified atom stereocenters. The topological polar surface area (TPSA) is 59.4 Å². The van der Waals surface area contributed by atoms with Crippen LogP contribution in [0.4, 0.5) is 0 Å². The number of hydrogen-bond acceptors (Lipinski definition) is 3. The molecule has 0 amide bonds. The highest BCUT2D eigenvalue weighted by molar-refractivity contribution is 5.97. The number of quaternary nitrogens is 1. The van der Waals surface area contributed by atoms with E-state index < -0.39 is 0 Å². The van der Waals surface area contributed by atoms with Crippen molar-refractivity contribution in [1.82, 2.24) is 14.4 Å². The number of imidazole rings is 1. The number of aromatic amines is 1. The number of H-pyrrole nitrogens is 1. The number of ether oxygens (including phenoxy) is 1. The molecule has 0 saturated heterocycles. The summed E-state index contributed by atoms with van der Waals surface area (Å²) in [5.41, 5.74) is 4.48. The highest BCUT2D eigenvalue weighted by atomic mass is 16.5. The Morgan fingerprint density at radius 3 is 2.61 bits per heavy atom. The Balaban J connectivity index is 2.09. The van der Waals surface area contributed by atoms with Gasteiger partial charge in [-0.25, -0.2) is 4.98 Å². The zero-order valence-electron chi connectivity index (χ0n) is 16.9. The Morgan fingerprint density at radius 2 is 1.89 bits per heavy atom. The lowest BCUT2D eigenvalue weighted by Gasteiger charge is -2.32. The van der Waals surface area contributed by atoms with Gasteiger partial charge in [0.1, 0.15) is 23.1 Å². The lowest BCUT2D eigenvalue weighted by Crippen LogP contribution is -2.38. The largest absolute Gasteiger partial charge is 0.495 e. The van der Waals surface area contributed by atoms with Crippen LogP contribution >= 0.6 is 0 Å². The van der Waals surface area contributed by atoms with Gasteiger partial charge in [-0.1, -0.05) is 6.07 Å². The van der Waals surface area contributed by atoms with E-state index in [2.05, 4.69) is 43.6 Å². The van der Waals surface area contributed by atoms with E-state index in [0.29, 0.717) is 11.3 Å². The minimum atomic E-state index is -0.155. The fraction of sp³-hybridized carbons (Fsp3) is 0.273. The molecule has 0 aliphatic rings. The molecule has 1 N–H and O–H groups in total. The maximum absolute atomic E-state index is 11.9. The van der Waals surface area contributed by atoms with E-state index >= 15 is 0 Å². The maximum Gasteiger partial charge on any atom is 0.248 e. The van der Waals surface area contributed by atoms with E-state index in [1.54, 1.807) is 13.2 Å². The Hall–Kier alpha value is -3.12. The third kappa shape index (κ3) is 2.86. The number of rotatable bonds is 4. The second-order valence-corrected chi connectivity index (χ2v) is 7.99. The number of fused-ring (bicyclic) bond motifs is 2. The summed E-state index contributed by atoms with van der Waals surface area (Å²) < 4.78 is 8.39. The summed E-state index contributed by atoms with van der Waals surface area (Å²) >= 11 is 0. The molecule has 4 aromatic rings. The molecule has 1 atom stereocenters. The van der Waals surface area contributed by atoms with E-state index in [9.17, 15) is 4.79 Å². The predicted molar refractivity (Wildman–Crippen MR) is 112 cm³/mol. The number of benzene rings is 1. The van der Waals surface area contributed by atoms with Crippen LogP contribution in [-0.2, 0) is 0 Å². The minimum absolute atomic E-state index is 0.155. The molecule has 0 fully saturated rings. The standard InChI is InChI=1S/C22H24N4O2/c1-14(26(2,3)4)22-21(23-18-8-6-7-13-25(18)22)16-9-11-17(28-5)20-15(16)10-12-19(27)24-20/h6-14H,1-5H3/p+1. The highest BCUT2D eigenvalue weighted by Gasteiger charge is 2.29. The van der Waals surface area contributed by atoms with Crippen LogP contribution in [0.3, 0.4) is 0 Å². The highest BCUT2D eigenvalue weighted by Crippen LogP contribution is 2.38. The first kappa shape index (κ1) is 18.3. The third-order valence-corrected chi connectivity index (χ3v) is 5.46. The lowest BCUT2D eigenvalue weighted by atomic mass is 10.0. The van der Waals surface area contributed by atoms with Crippen LogP contribution in [0.1, 0.15) is 18.7 Å². The van der Waals surface area contributed by atoms with Crippen molar-refractivity contribution >= 4 is 16.6 Å². The average Bonchev–Trinajstić information content (AvgIpc) is 3.04. The molecule has 0 radical (unpaired) electrons. The van der Waals surface area contributed by atoms with Crippen LogP contribution in [-0.4, -0.2) is 47.1 Å². The molecule has 0 spiro atoms. The first-order valence-corrected chi connectivity index (χ1v) is 9.30. The van der Waals surface area contributed by atoms with Gasteiger partial charge in [0.25, 0.3) is 0 Å².